The minimum atomic E-state index is 0.0347. The van der Waals surface area contributed by atoms with Crippen molar-refractivity contribution in [3.8, 4) is 0 Å². The Labute approximate surface area is 112 Å². The van der Waals surface area contributed by atoms with E-state index in [1.165, 1.54) is 22.1 Å². The normalized spacial score (nSPS) is 23.8. The number of halogens is 1. The standard InChI is InChI=1S/C14H21BrN2/c1-10-6-7-11(9-12(10)15)17-8-4-5-13(16)14(17,2)3/h6-7,9,13H,4-5,8,16H2,1-3H3. The van der Waals surface area contributed by atoms with Crippen LogP contribution in [0.15, 0.2) is 22.7 Å². The molecule has 1 saturated heterocycles. The van der Waals surface area contributed by atoms with Gasteiger partial charge in [-0.05, 0) is 51.3 Å². The average molecular weight is 297 g/mol. The zero-order chi connectivity index (χ0) is 12.6. The van der Waals surface area contributed by atoms with Gasteiger partial charge in [-0.15, -0.1) is 0 Å². The lowest BCUT2D eigenvalue weighted by Gasteiger charge is -2.48. The molecule has 1 aromatic rings. The first-order chi connectivity index (χ1) is 7.93. The molecule has 3 heteroatoms. The lowest BCUT2D eigenvalue weighted by Crippen LogP contribution is -2.59. The second-order valence-corrected chi connectivity index (χ2v) is 6.34. The van der Waals surface area contributed by atoms with Crippen LogP contribution in [0.25, 0.3) is 0 Å². The quantitative estimate of drug-likeness (QED) is 0.860. The molecule has 0 saturated carbocycles. The average Bonchev–Trinajstić information content (AvgIpc) is 2.26. The molecule has 0 aliphatic carbocycles. The van der Waals surface area contributed by atoms with E-state index in [1.54, 1.807) is 0 Å². The van der Waals surface area contributed by atoms with Crippen LogP contribution in [0.2, 0.25) is 0 Å². The molecule has 1 aliphatic rings. The van der Waals surface area contributed by atoms with Crippen LogP contribution in [0.3, 0.4) is 0 Å². The second-order valence-electron chi connectivity index (χ2n) is 5.49. The molecular formula is C14H21BrN2. The summed E-state index contributed by atoms with van der Waals surface area (Å²) < 4.78 is 1.17. The molecule has 17 heavy (non-hydrogen) atoms. The van der Waals surface area contributed by atoms with Crippen molar-refractivity contribution in [1.29, 1.82) is 0 Å². The highest BCUT2D eigenvalue weighted by Crippen LogP contribution is 2.33. The largest absolute Gasteiger partial charge is 0.365 e. The van der Waals surface area contributed by atoms with Crippen molar-refractivity contribution >= 4 is 21.6 Å². The van der Waals surface area contributed by atoms with Gasteiger partial charge in [0.05, 0.1) is 0 Å². The van der Waals surface area contributed by atoms with Crippen LogP contribution in [0, 0.1) is 6.92 Å². The van der Waals surface area contributed by atoms with Gasteiger partial charge in [0.1, 0.15) is 0 Å². The number of piperidine rings is 1. The van der Waals surface area contributed by atoms with Crippen molar-refractivity contribution in [2.24, 2.45) is 5.73 Å². The van der Waals surface area contributed by atoms with E-state index >= 15 is 0 Å². The summed E-state index contributed by atoms with van der Waals surface area (Å²) in [7, 11) is 0. The molecule has 94 valence electrons. The molecule has 1 unspecified atom stereocenters. The fraction of sp³-hybridized carbons (Fsp3) is 0.571. The first-order valence-electron chi connectivity index (χ1n) is 6.22. The van der Waals surface area contributed by atoms with Crippen LogP contribution < -0.4 is 10.6 Å². The lowest BCUT2D eigenvalue weighted by molar-refractivity contribution is 0.310. The van der Waals surface area contributed by atoms with E-state index in [1.807, 2.05) is 0 Å². The van der Waals surface area contributed by atoms with Gasteiger partial charge in [-0.25, -0.2) is 0 Å². The smallest absolute Gasteiger partial charge is 0.0496 e. The van der Waals surface area contributed by atoms with Crippen molar-refractivity contribution in [3.05, 3.63) is 28.2 Å². The third-order valence-corrected chi connectivity index (χ3v) is 4.82. The summed E-state index contributed by atoms with van der Waals surface area (Å²) in [5.74, 6) is 0. The molecule has 1 heterocycles. The summed E-state index contributed by atoms with van der Waals surface area (Å²) in [6, 6.07) is 6.81. The fourth-order valence-electron chi connectivity index (χ4n) is 2.52. The van der Waals surface area contributed by atoms with E-state index < -0.39 is 0 Å². The molecule has 2 N–H and O–H groups in total. The van der Waals surface area contributed by atoms with Crippen molar-refractivity contribution in [3.63, 3.8) is 0 Å². The zero-order valence-corrected chi connectivity index (χ0v) is 12.4. The number of nitrogens with two attached hydrogens (primary N) is 1. The number of hydrogen-bond donors (Lipinski definition) is 1. The molecule has 1 atom stereocenters. The maximum absolute atomic E-state index is 6.25. The molecule has 2 rings (SSSR count). The van der Waals surface area contributed by atoms with E-state index in [-0.39, 0.29) is 11.6 Å². The summed E-state index contributed by atoms with van der Waals surface area (Å²) in [5.41, 5.74) is 8.83. The molecule has 1 fully saturated rings. The van der Waals surface area contributed by atoms with Gasteiger partial charge in [0.25, 0.3) is 0 Å². The Morgan fingerprint density at radius 2 is 2.12 bits per heavy atom. The van der Waals surface area contributed by atoms with Gasteiger partial charge >= 0.3 is 0 Å². The maximum Gasteiger partial charge on any atom is 0.0496 e. The Kier molecular flexibility index (Phi) is 3.50. The van der Waals surface area contributed by atoms with Gasteiger partial charge in [-0.2, -0.15) is 0 Å². The zero-order valence-electron chi connectivity index (χ0n) is 10.8. The van der Waals surface area contributed by atoms with Gasteiger partial charge in [0, 0.05) is 28.3 Å². The first-order valence-corrected chi connectivity index (χ1v) is 7.01. The number of nitrogens with zero attached hydrogens (tertiary/aromatic N) is 1. The molecule has 0 aromatic heterocycles. The van der Waals surface area contributed by atoms with Gasteiger partial charge in [0.2, 0.25) is 0 Å². The molecule has 1 aromatic carbocycles. The summed E-state index contributed by atoms with van der Waals surface area (Å²) in [5, 5.41) is 0. The third kappa shape index (κ3) is 2.36. The maximum atomic E-state index is 6.25. The Morgan fingerprint density at radius 1 is 1.41 bits per heavy atom. The van der Waals surface area contributed by atoms with Crippen LogP contribution in [0.5, 0.6) is 0 Å². The van der Waals surface area contributed by atoms with E-state index in [4.69, 9.17) is 5.73 Å². The Bertz CT molecular complexity index is 415. The monoisotopic (exact) mass is 296 g/mol. The van der Waals surface area contributed by atoms with Crippen LogP contribution in [-0.4, -0.2) is 18.1 Å². The van der Waals surface area contributed by atoms with Gasteiger partial charge < -0.3 is 10.6 Å². The Hall–Kier alpha value is -0.540. The van der Waals surface area contributed by atoms with Gasteiger partial charge in [-0.3, -0.25) is 0 Å². The predicted molar refractivity (Wildman–Crippen MR) is 77.5 cm³/mol. The number of aryl methyl sites for hydroxylation is 1. The molecule has 0 bridgehead atoms. The highest BCUT2D eigenvalue weighted by atomic mass is 79.9. The molecule has 0 amide bonds. The fourth-order valence-corrected chi connectivity index (χ4v) is 2.89. The molecular weight excluding hydrogens is 276 g/mol. The third-order valence-electron chi connectivity index (χ3n) is 3.97. The highest BCUT2D eigenvalue weighted by Gasteiger charge is 2.36. The highest BCUT2D eigenvalue weighted by molar-refractivity contribution is 9.10. The summed E-state index contributed by atoms with van der Waals surface area (Å²) in [6.07, 6.45) is 2.30. The summed E-state index contributed by atoms with van der Waals surface area (Å²) in [4.78, 5) is 2.44. The van der Waals surface area contributed by atoms with E-state index in [9.17, 15) is 0 Å². The van der Waals surface area contributed by atoms with E-state index in [2.05, 4.69) is 59.8 Å². The molecule has 1 aliphatic heterocycles. The predicted octanol–water partition coefficient (Wildman–Crippen LogP) is 3.46. The van der Waals surface area contributed by atoms with E-state index in [0.29, 0.717) is 0 Å². The van der Waals surface area contributed by atoms with Gasteiger partial charge in [0.15, 0.2) is 0 Å². The van der Waals surface area contributed by atoms with Crippen LogP contribution in [-0.2, 0) is 0 Å². The second kappa shape index (κ2) is 4.62. The lowest BCUT2D eigenvalue weighted by atomic mass is 9.85. The Morgan fingerprint density at radius 3 is 2.76 bits per heavy atom. The molecule has 0 spiro atoms. The number of hydrogen-bond acceptors (Lipinski definition) is 2. The van der Waals surface area contributed by atoms with Crippen LogP contribution in [0.1, 0.15) is 32.3 Å². The van der Waals surface area contributed by atoms with Crippen molar-refractivity contribution < 1.29 is 0 Å². The van der Waals surface area contributed by atoms with Crippen molar-refractivity contribution in [2.45, 2.75) is 45.2 Å². The minimum Gasteiger partial charge on any atom is -0.365 e. The minimum absolute atomic E-state index is 0.0347. The van der Waals surface area contributed by atoms with Crippen LogP contribution in [0.4, 0.5) is 5.69 Å². The first kappa shape index (κ1) is 12.9. The SMILES string of the molecule is Cc1ccc(N2CCCC(N)C2(C)C)cc1Br. The number of rotatable bonds is 1. The molecule has 0 radical (unpaired) electrons. The topological polar surface area (TPSA) is 29.3 Å². The van der Waals surface area contributed by atoms with Crippen molar-refractivity contribution in [2.75, 3.05) is 11.4 Å². The summed E-state index contributed by atoms with van der Waals surface area (Å²) >= 11 is 3.61. The number of anilines is 1. The van der Waals surface area contributed by atoms with Gasteiger partial charge in [-0.1, -0.05) is 22.0 Å². The number of benzene rings is 1. The van der Waals surface area contributed by atoms with Crippen molar-refractivity contribution in [1.82, 2.24) is 0 Å². The van der Waals surface area contributed by atoms with Crippen LogP contribution >= 0.6 is 15.9 Å². The molecule has 2 nitrogen and oxygen atoms in total. The Balaban J connectivity index is 2.35. The summed E-state index contributed by atoms with van der Waals surface area (Å²) in [6.45, 7) is 7.69. The van der Waals surface area contributed by atoms with E-state index in [0.717, 1.165) is 13.0 Å².